The number of carboxylic acid groups (broad SMARTS) is 1. The maximum Gasteiger partial charge on any atom is 0.320 e. The Morgan fingerprint density at radius 3 is 2.57 bits per heavy atom. The standard InChI is InChI=1S/C17H26N2O2/c1-2-3-9-16(17(20)21)18-14-10-12-19(13-11-14)15-7-5-4-6-8-15/h4-8,14,16,18H,2-3,9-13H2,1H3,(H,20,21). The molecule has 1 fully saturated rings. The van der Waals surface area contributed by atoms with Gasteiger partial charge >= 0.3 is 5.97 Å². The third kappa shape index (κ3) is 4.74. The van der Waals surface area contributed by atoms with Crippen molar-refractivity contribution in [2.45, 2.75) is 51.1 Å². The number of anilines is 1. The zero-order valence-corrected chi connectivity index (χ0v) is 12.8. The predicted molar refractivity (Wildman–Crippen MR) is 85.8 cm³/mol. The third-order valence-electron chi connectivity index (χ3n) is 4.20. The van der Waals surface area contributed by atoms with E-state index in [0.29, 0.717) is 6.04 Å². The lowest BCUT2D eigenvalue weighted by atomic mass is 10.0. The number of aliphatic carboxylic acids is 1. The molecule has 4 nitrogen and oxygen atoms in total. The quantitative estimate of drug-likeness (QED) is 0.811. The number of hydrogen-bond donors (Lipinski definition) is 2. The van der Waals surface area contributed by atoms with Crippen LogP contribution in [-0.2, 0) is 4.79 Å². The molecule has 0 aromatic heterocycles. The molecule has 0 aliphatic carbocycles. The van der Waals surface area contributed by atoms with Gasteiger partial charge in [0.25, 0.3) is 0 Å². The van der Waals surface area contributed by atoms with Crippen LogP contribution in [0.2, 0.25) is 0 Å². The summed E-state index contributed by atoms with van der Waals surface area (Å²) in [5, 5.41) is 12.6. The fraction of sp³-hybridized carbons (Fsp3) is 0.588. The molecule has 0 spiro atoms. The molecule has 0 saturated carbocycles. The Morgan fingerprint density at radius 1 is 1.33 bits per heavy atom. The smallest absolute Gasteiger partial charge is 0.320 e. The van der Waals surface area contributed by atoms with E-state index in [9.17, 15) is 9.90 Å². The highest BCUT2D eigenvalue weighted by Gasteiger charge is 2.24. The molecule has 0 radical (unpaired) electrons. The van der Waals surface area contributed by atoms with Crippen LogP contribution in [0, 0.1) is 0 Å². The van der Waals surface area contributed by atoms with Crippen molar-refractivity contribution in [3.05, 3.63) is 30.3 Å². The molecule has 1 aliphatic rings. The van der Waals surface area contributed by atoms with Crippen LogP contribution in [0.25, 0.3) is 0 Å². The average molecular weight is 290 g/mol. The van der Waals surface area contributed by atoms with Crippen LogP contribution in [0.5, 0.6) is 0 Å². The number of benzene rings is 1. The number of hydrogen-bond acceptors (Lipinski definition) is 3. The van der Waals surface area contributed by atoms with Crippen molar-refractivity contribution in [3.63, 3.8) is 0 Å². The monoisotopic (exact) mass is 290 g/mol. The topological polar surface area (TPSA) is 52.6 Å². The molecular formula is C17H26N2O2. The zero-order chi connectivity index (χ0) is 15.1. The molecule has 1 unspecified atom stereocenters. The summed E-state index contributed by atoms with van der Waals surface area (Å²) in [5.74, 6) is -0.714. The summed E-state index contributed by atoms with van der Waals surface area (Å²) < 4.78 is 0. The van der Waals surface area contributed by atoms with E-state index in [2.05, 4.69) is 41.4 Å². The summed E-state index contributed by atoms with van der Waals surface area (Å²) in [7, 11) is 0. The van der Waals surface area contributed by atoms with Gasteiger partial charge in [-0.05, 0) is 31.4 Å². The van der Waals surface area contributed by atoms with E-state index in [4.69, 9.17) is 0 Å². The summed E-state index contributed by atoms with van der Waals surface area (Å²) in [4.78, 5) is 13.7. The van der Waals surface area contributed by atoms with Crippen LogP contribution in [0.1, 0.15) is 39.0 Å². The maximum absolute atomic E-state index is 11.3. The van der Waals surface area contributed by atoms with Gasteiger partial charge in [-0.25, -0.2) is 0 Å². The van der Waals surface area contributed by atoms with Gasteiger partial charge in [0.05, 0.1) is 0 Å². The second-order valence-corrected chi connectivity index (χ2v) is 5.80. The Morgan fingerprint density at radius 2 is 2.00 bits per heavy atom. The lowest BCUT2D eigenvalue weighted by Crippen LogP contribution is -2.48. The van der Waals surface area contributed by atoms with Gasteiger partial charge in [0, 0.05) is 24.8 Å². The van der Waals surface area contributed by atoms with E-state index in [1.807, 2.05) is 6.07 Å². The fourth-order valence-corrected chi connectivity index (χ4v) is 2.91. The number of piperidine rings is 1. The highest BCUT2D eigenvalue weighted by molar-refractivity contribution is 5.73. The summed E-state index contributed by atoms with van der Waals surface area (Å²) in [6.45, 7) is 4.07. The maximum atomic E-state index is 11.3. The van der Waals surface area contributed by atoms with E-state index in [1.165, 1.54) is 5.69 Å². The molecule has 2 rings (SSSR count). The van der Waals surface area contributed by atoms with Crippen molar-refractivity contribution in [3.8, 4) is 0 Å². The van der Waals surface area contributed by atoms with Gasteiger partial charge in [0.15, 0.2) is 0 Å². The molecule has 1 aliphatic heterocycles. The summed E-state index contributed by atoms with van der Waals surface area (Å²) in [6, 6.07) is 10.4. The largest absolute Gasteiger partial charge is 0.480 e. The molecule has 1 atom stereocenters. The molecule has 0 bridgehead atoms. The van der Waals surface area contributed by atoms with Crippen molar-refractivity contribution in [1.29, 1.82) is 0 Å². The summed E-state index contributed by atoms with van der Waals surface area (Å²) in [5.41, 5.74) is 1.26. The van der Waals surface area contributed by atoms with Crippen molar-refractivity contribution in [2.75, 3.05) is 18.0 Å². The van der Waals surface area contributed by atoms with Crippen LogP contribution in [0.3, 0.4) is 0 Å². The first-order chi connectivity index (χ1) is 10.2. The summed E-state index contributed by atoms with van der Waals surface area (Å²) >= 11 is 0. The van der Waals surface area contributed by atoms with Gasteiger partial charge in [0.2, 0.25) is 0 Å². The summed E-state index contributed by atoms with van der Waals surface area (Å²) in [6.07, 6.45) is 4.74. The highest BCUT2D eigenvalue weighted by atomic mass is 16.4. The van der Waals surface area contributed by atoms with Gasteiger partial charge in [0.1, 0.15) is 6.04 Å². The number of unbranched alkanes of at least 4 members (excludes halogenated alkanes) is 1. The molecule has 1 aromatic carbocycles. The van der Waals surface area contributed by atoms with Crippen LogP contribution in [0.15, 0.2) is 30.3 Å². The van der Waals surface area contributed by atoms with Crippen molar-refractivity contribution < 1.29 is 9.90 Å². The van der Waals surface area contributed by atoms with Gasteiger partial charge in [-0.3, -0.25) is 4.79 Å². The predicted octanol–water partition coefficient (Wildman–Crippen LogP) is 2.89. The molecule has 1 aromatic rings. The molecule has 116 valence electrons. The van der Waals surface area contributed by atoms with Crippen LogP contribution >= 0.6 is 0 Å². The molecule has 21 heavy (non-hydrogen) atoms. The Hall–Kier alpha value is -1.55. The van der Waals surface area contributed by atoms with Crippen molar-refractivity contribution in [1.82, 2.24) is 5.32 Å². The Labute approximate surface area is 127 Å². The minimum atomic E-state index is -0.714. The number of nitrogens with one attached hydrogen (secondary N) is 1. The van der Waals surface area contributed by atoms with Gasteiger partial charge in [-0.1, -0.05) is 38.0 Å². The highest BCUT2D eigenvalue weighted by Crippen LogP contribution is 2.20. The lowest BCUT2D eigenvalue weighted by Gasteiger charge is -2.35. The molecule has 0 amide bonds. The molecule has 1 saturated heterocycles. The normalized spacial score (nSPS) is 17.7. The Kier molecular flexibility index (Phi) is 6.05. The van der Waals surface area contributed by atoms with E-state index >= 15 is 0 Å². The van der Waals surface area contributed by atoms with E-state index in [0.717, 1.165) is 45.2 Å². The minimum absolute atomic E-state index is 0.322. The SMILES string of the molecule is CCCCC(NC1CCN(c2ccccc2)CC1)C(=O)O. The number of carbonyl (C=O) groups is 1. The van der Waals surface area contributed by atoms with E-state index in [1.54, 1.807) is 0 Å². The fourth-order valence-electron chi connectivity index (χ4n) is 2.91. The Bertz CT molecular complexity index is 428. The number of carboxylic acids is 1. The molecule has 4 heteroatoms. The van der Waals surface area contributed by atoms with E-state index < -0.39 is 12.0 Å². The first-order valence-corrected chi connectivity index (χ1v) is 7.99. The molecule has 2 N–H and O–H groups in total. The Balaban J connectivity index is 1.81. The van der Waals surface area contributed by atoms with Gasteiger partial charge in [-0.2, -0.15) is 0 Å². The average Bonchev–Trinajstić information content (AvgIpc) is 2.52. The molecule has 1 heterocycles. The van der Waals surface area contributed by atoms with Crippen molar-refractivity contribution >= 4 is 11.7 Å². The first-order valence-electron chi connectivity index (χ1n) is 7.99. The molecular weight excluding hydrogens is 264 g/mol. The first kappa shape index (κ1) is 15.8. The number of rotatable bonds is 7. The van der Waals surface area contributed by atoms with Gasteiger partial charge < -0.3 is 15.3 Å². The number of nitrogens with zero attached hydrogens (tertiary/aromatic N) is 1. The third-order valence-corrected chi connectivity index (χ3v) is 4.20. The second-order valence-electron chi connectivity index (χ2n) is 5.80. The van der Waals surface area contributed by atoms with Crippen molar-refractivity contribution in [2.24, 2.45) is 0 Å². The van der Waals surface area contributed by atoms with E-state index in [-0.39, 0.29) is 0 Å². The lowest BCUT2D eigenvalue weighted by molar-refractivity contribution is -0.140. The second kappa shape index (κ2) is 8.03. The zero-order valence-electron chi connectivity index (χ0n) is 12.8. The van der Waals surface area contributed by atoms with Crippen LogP contribution in [-0.4, -0.2) is 36.2 Å². The van der Waals surface area contributed by atoms with Crippen LogP contribution in [0.4, 0.5) is 5.69 Å². The van der Waals surface area contributed by atoms with Crippen LogP contribution < -0.4 is 10.2 Å². The number of para-hydroxylation sites is 1. The van der Waals surface area contributed by atoms with Gasteiger partial charge in [-0.15, -0.1) is 0 Å². The minimum Gasteiger partial charge on any atom is -0.480 e.